The molecule has 4 aromatic rings. The summed E-state index contributed by atoms with van der Waals surface area (Å²) in [5, 5.41) is 7.58. The lowest BCUT2D eigenvalue weighted by Crippen LogP contribution is -2.54. The molecule has 13 heteroatoms. The minimum Gasteiger partial charge on any atom is -0.453 e. The second-order valence-corrected chi connectivity index (χ2v) is 16.3. The molecule has 302 valence electrons. The summed E-state index contributed by atoms with van der Waals surface area (Å²) >= 11 is 0. The Hall–Kier alpha value is -5.98. The fourth-order valence-electron chi connectivity index (χ4n) is 9.37. The third kappa shape index (κ3) is 7.45. The summed E-state index contributed by atoms with van der Waals surface area (Å²) in [6.07, 6.45) is 7.90. The predicted octanol–water partition coefficient (Wildman–Crippen LogP) is 7.25. The molecular formula is C45H51N7O6. The number of aromatic nitrogens is 2. The molecule has 13 nitrogen and oxygen atoms in total. The van der Waals surface area contributed by atoms with Gasteiger partial charge in [0.25, 0.3) is 0 Å². The van der Waals surface area contributed by atoms with Crippen molar-refractivity contribution in [3.05, 3.63) is 84.4 Å². The van der Waals surface area contributed by atoms with Gasteiger partial charge in [0.15, 0.2) is 0 Å². The van der Waals surface area contributed by atoms with Crippen molar-refractivity contribution < 1.29 is 28.7 Å². The number of methoxy groups -OCH3 is 2. The summed E-state index contributed by atoms with van der Waals surface area (Å²) in [6.45, 7) is 6.18. The van der Waals surface area contributed by atoms with E-state index < -0.39 is 24.3 Å². The molecule has 3 aromatic carbocycles. The second-order valence-electron chi connectivity index (χ2n) is 16.3. The Morgan fingerprint density at radius 3 is 2.21 bits per heavy atom. The van der Waals surface area contributed by atoms with Crippen molar-refractivity contribution in [2.45, 2.75) is 89.5 Å². The Morgan fingerprint density at radius 1 is 0.810 bits per heavy atom. The van der Waals surface area contributed by atoms with Gasteiger partial charge in [0.1, 0.15) is 17.9 Å². The summed E-state index contributed by atoms with van der Waals surface area (Å²) in [6, 6.07) is 20.0. The molecule has 58 heavy (non-hydrogen) atoms. The van der Waals surface area contributed by atoms with E-state index in [1.165, 1.54) is 14.2 Å². The van der Waals surface area contributed by atoms with Crippen molar-refractivity contribution in [2.24, 2.45) is 16.8 Å². The maximum atomic E-state index is 14.0. The Bertz CT molecular complexity index is 2300. The lowest BCUT2D eigenvalue weighted by Gasteiger charge is -2.37. The first-order valence-corrected chi connectivity index (χ1v) is 20.3. The zero-order valence-electron chi connectivity index (χ0n) is 33.7. The molecule has 0 unspecified atom stereocenters. The summed E-state index contributed by atoms with van der Waals surface area (Å²) in [4.78, 5) is 67.9. The van der Waals surface area contributed by atoms with Crippen molar-refractivity contribution in [2.75, 3.05) is 20.8 Å². The van der Waals surface area contributed by atoms with Crippen LogP contribution < -0.4 is 10.6 Å². The number of fused-ring (bicyclic) bond motifs is 3. The SMILES string of the molecule is COC(=O)N[C@@H](C)C(=O)N1CCC[C@H]1C1=NC=C(c2ccc(-c3ccc4cc(-c5cnc([C@@H]6[C@@H]7CC[C@H](C7)N6C(=O)[C@@H](NC(=O)OC)C(C)C)[nH]5)ccc4c3)cc2)C1. The highest BCUT2D eigenvalue weighted by Crippen LogP contribution is 2.50. The largest absolute Gasteiger partial charge is 0.453 e. The first-order chi connectivity index (χ1) is 28.0. The molecule has 0 spiro atoms. The first-order valence-electron chi connectivity index (χ1n) is 20.3. The number of ether oxygens (including phenoxy) is 2. The summed E-state index contributed by atoms with van der Waals surface area (Å²) in [5.41, 5.74) is 7.32. The smallest absolute Gasteiger partial charge is 0.407 e. The molecule has 1 aromatic heterocycles. The molecule has 1 saturated carbocycles. The van der Waals surface area contributed by atoms with Crippen molar-refractivity contribution in [1.29, 1.82) is 0 Å². The normalized spacial score (nSPS) is 22.2. The molecule has 2 saturated heterocycles. The number of imidazole rings is 1. The van der Waals surface area contributed by atoms with Crippen LogP contribution in [0.1, 0.15) is 76.7 Å². The quantitative estimate of drug-likeness (QED) is 0.153. The average Bonchev–Trinajstić information content (AvgIpc) is 4.10. The monoisotopic (exact) mass is 785 g/mol. The van der Waals surface area contributed by atoms with Gasteiger partial charge in [-0.1, -0.05) is 62.4 Å². The van der Waals surface area contributed by atoms with Crippen LogP contribution in [0.15, 0.2) is 78.1 Å². The van der Waals surface area contributed by atoms with Gasteiger partial charge in [-0.25, -0.2) is 14.6 Å². The maximum absolute atomic E-state index is 14.0. The molecule has 3 N–H and O–H groups in total. The number of amides is 4. The van der Waals surface area contributed by atoms with Crippen molar-refractivity contribution in [1.82, 2.24) is 30.4 Å². The number of hydrogen-bond acceptors (Lipinski definition) is 8. The Kier molecular flexibility index (Phi) is 10.8. The number of aromatic amines is 1. The molecule has 3 fully saturated rings. The van der Waals surface area contributed by atoms with Crippen molar-refractivity contribution >= 4 is 46.1 Å². The number of carbonyl (C=O) groups excluding carboxylic acids is 4. The number of piperidine rings is 1. The molecule has 4 heterocycles. The summed E-state index contributed by atoms with van der Waals surface area (Å²) in [5.74, 6) is 0.780. The van der Waals surface area contributed by atoms with E-state index in [1.54, 1.807) is 6.92 Å². The number of H-pyrrole nitrogens is 1. The molecule has 0 radical (unpaired) electrons. The fourth-order valence-corrected chi connectivity index (χ4v) is 9.37. The zero-order valence-corrected chi connectivity index (χ0v) is 33.7. The van der Waals surface area contributed by atoms with Crippen LogP contribution in [-0.2, 0) is 19.1 Å². The number of alkyl carbamates (subject to hydrolysis) is 2. The molecule has 2 bridgehead atoms. The van der Waals surface area contributed by atoms with Crippen LogP contribution in [0.5, 0.6) is 0 Å². The molecule has 3 aliphatic heterocycles. The Morgan fingerprint density at radius 2 is 1.48 bits per heavy atom. The van der Waals surface area contributed by atoms with Gasteiger partial charge in [0.2, 0.25) is 11.8 Å². The van der Waals surface area contributed by atoms with Gasteiger partial charge in [-0.3, -0.25) is 14.6 Å². The van der Waals surface area contributed by atoms with Gasteiger partial charge in [-0.05, 0) is 96.0 Å². The Balaban J connectivity index is 0.929. The van der Waals surface area contributed by atoms with E-state index in [0.717, 1.165) is 87.9 Å². The molecule has 1 aliphatic carbocycles. The first kappa shape index (κ1) is 38.9. The topological polar surface area (TPSA) is 158 Å². The zero-order chi connectivity index (χ0) is 40.7. The van der Waals surface area contributed by atoms with Gasteiger partial charge in [-0.15, -0.1) is 0 Å². The standard InChI is InChI=1S/C45H51N7O6/c1-25(2)39(50-45(56)58-5)43(54)52-35-17-16-33(21-35)40(52)41-47-24-37(49-41)32-15-14-30-19-29(12-13-31(30)20-32)27-8-10-28(11-9-27)34-22-36(46-23-34)38-7-6-18-51(38)42(53)26(3)48-44(55)57-4/h8-15,19-20,23-26,33,35,38-40H,6-7,16-18,21-22H2,1-5H3,(H,47,49)(H,48,55)(H,50,56)/t26-,33+,35+,38-,39-,40-/m0/s1. The van der Waals surface area contributed by atoms with Crippen LogP contribution in [0.3, 0.4) is 0 Å². The highest BCUT2D eigenvalue weighted by molar-refractivity contribution is 6.04. The number of allylic oxidation sites excluding steroid dienone is 1. The summed E-state index contributed by atoms with van der Waals surface area (Å²) < 4.78 is 9.50. The third-order valence-corrected chi connectivity index (χ3v) is 12.4. The molecular weight excluding hydrogens is 735 g/mol. The van der Waals surface area contributed by atoms with E-state index in [4.69, 9.17) is 14.7 Å². The lowest BCUT2D eigenvalue weighted by molar-refractivity contribution is -0.139. The van der Waals surface area contributed by atoms with Crippen molar-refractivity contribution in [3.8, 4) is 22.4 Å². The second kappa shape index (κ2) is 16.1. The number of nitrogens with one attached hydrogen (secondary N) is 3. The number of likely N-dealkylation sites (tertiary alicyclic amines) is 2. The number of benzene rings is 3. The highest BCUT2D eigenvalue weighted by Gasteiger charge is 2.51. The average molecular weight is 786 g/mol. The number of rotatable bonds is 10. The minimum atomic E-state index is -0.679. The molecule has 6 atom stereocenters. The number of aliphatic imine (C=N–C) groups is 1. The number of nitrogens with zero attached hydrogens (tertiary/aromatic N) is 4. The van der Waals surface area contributed by atoms with Gasteiger partial charge in [-0.2, -0.15) is 0 Å². The van der Waals surface area contributed by atoms with Crippen LogP contribution in [0.2, 0.25) is 0 Å². The molecule has 8 rings (SSSR count). The predicted molar refractivity (Wildman–Crippen MR) is 222 cm³/mol. The lowest BCUT2D eigenvalue weighted by atomic mass is 9.95. The van der Waals surface area contributed by atoms with Crippen LogP contribution in [0.4, 0.5) is 9.59 Å². The van der Waals surface area contributed by atoms with Crippen LogP contribution in [-0.4, -0.2) is 94.4 Å². The minimum absolute atomic E-state index is 0.0832. The Labute approximate surface area is 338 Å². The van der Waals surface area contributed by atoms with Gasteiger partial charge >= 0.3 is 12.2 Å². The fraction of sp³-hybridized carbons (Fsp3) is 0.422. The van der Waals surface area contributed by atoms with E-state index in [0.29, 0.717) is 18.9 Å². The van der Waals surface area contributed by atoms with Gasteiger partial charge < -0.3 is 34.9 Å². The van der Waals surface area contributed by atoms with Crippen LogP contribution >= 0.6 is 0 Å². The highest BCUT2D eigenvalue weighted by atomic mass is 16.5. The van der Waals surface area contributed by atoms with E-state index in [9.17, 15) is 19.2 Å². The van der Waals surface area contributed by atoms with Gasteiger partial charge in [0.05, 0.1) is 38.2 Å². The van der Waals surface area contributed by atoms with Crippen LogP contribution in [0.25, 0.3) is 38.7 Å². The number of carbonyl (C=O) groups is 4. The van der Waals surface area contributed by atoms with E-state index in [-0.39, 0.29) is 35.9 Å². The van der Waals surface area contributed by atoms with Gasteiger partial charge in [0, 0.05) is 36.5 Å². The summed E-state index contributed by atoms with van der Waals surface area (Å²) in [7, 11) is 2.59. The van der Waals surface area contributed by atoms with E-state index in [2.05, 4.69) is 81.0 Å². The van der Waals surface area contributed by atoms with E-state index >= 15 is 0 Å². The van der Waals surface area contributed by atoms with Crippen LogP contribution in [0, 0.1) is 11.8 Å². The molecule has 4 amide bonds. The third-order valence-electron chi connectivity index (χ3n) is 12.4. The van der Waals surface area contributed by atoms with E-state index in [1.807, 2.05) is 36.0 Å². The maximum Gasteiger partial charge on any atom is 0.407 e. The number of hydrogen-bond donors (Lipinski definition) is 3. The van der Waals surface area contributed by atoms with Crippen molar-refractivity contribution in [3.63, 3.8) is 0 Å². The molecule has 4 aliphatic rings.